The Kier molecular flexibility index (Phi) is 7.32. The molecule has 1 rings (SSSR count). The van der Waals surface area contributed by atoms with E-state index < -0.39 is 5.41 Å². The van der Waals surface area contributed by atoms with Gasteiger partial charge in [0.2, 0.25) is 11.7 Å². The lowest BCUT2D eigenvalue weighted by Gasteiger charge is -2.22. The molecule has 21 heavy (non-hydrogen) atoms. The van der Waals surface area contributed by atoms with Gasteiger partial charge in [0, 0.05) is 24.4 Å². The third-order valence-electron chi connectivity index (χ3n) is 3.05. The van der Waals surface area contributed by atoms with Gasteiger partial charge in [0.1, 0.15) is 0 Å². The van der Waals surface area contributed by atoms with Crippen LogP contribution in [0.1, 0.15) is 13.8 Å². The molecule has 0 aliphatic heterocycles. The van der Waals surface area contributed by atoms with Crippen LogP contribution in [-0.4, -0.2) is 33.8 Å². The van der Waals surface area contributed by atoms with Crippen molar-refractivity contribution in [1.82, 2.24) is 0 Å². The lowest BCUT2D eigenvalue weighted by molar-refractivity contribution is -0.123. The van der Waals surface area contributed by atoms with Gasteiger partial charge in [-0.3, -0.25) is 4.79 Å². The Morgan fingerprint density at radius 1 is 1.14 bits per heavy atom. The molecule has 0 aliphatic rings. The highest BCUT2D eigenvalue weighted by Crippen LogP contribution is 2.40. The van der Waals surface area contributed by atoms with Crippen LogP contribution in [0.2, 0.25) is 0 Å². The largest absolute Gasteiger partial charge is 0.493 e. The van der Waals surface area contributed by atoms with E-state index in [0.717, 1.165) is 0 Å². The average molecular weight is 319 g/mol. The number of ether oxygens (including phenoxy) is 3. The number of rotatable bonds is 6. The molecule has 7 heteroatoms. The van der Waals surface area contributed by atoms with Gasteiger partial charge in [-0.25, -0.2) is 0 Å². The van der Waals surface area contributed by atoms with Crippen molar-refractivity contribution in [2.45, 2.75) is 13.8 Å². The smallest absolute Gasteiger partial charge is 0.231 e. The Hall–Kier alpha value is -1.66. The third kappa shape index (κ3) is 4.41. The first-order chi connectivity index (χ1) is 9.39. The number of amides is 1. The molecule has 1 aromatic carbocycles. The summed E-state index contributed by atoms with van der Waals surface area (Å²) in [6, 6.07) is 3.34. The van der Waals surface area contributed by atoms with Gasteiger partial charge >= 0.3 is 0 Å². The second-order valence-corrected chi connectivity index (χ2v) is 4.96. The van der Waals surface area contributed by atoms with Crippen LogP contribution in [-0.2, 0) is 4.79 Å². The summed E-state index contributed by atoms with van der Waals surface area (Å²) in [5, 5.41) is 2.80. The molecular formula is C14H23ClN2O4. The molecule has 0 spiro atoms. The zero-order valence-electron chi connectivity index (χ0n) is 13.0. The molecule has 0 fully saturated rings. The fraction of sp³-hybridized carbons (Fsp3) is 0.500. The van der Waals surface area contributed by atoms with Gasteiger partial charge in [-0.05, 0) is 13.8 Å². The lowest BCUT2D eigenvalue weighted by atomic mass is 9.92. The molecular weight excluding hydrogens is 296 g/mol. The molecule has 0 unspecified atom stereocenters. The molecule has 3 N–H and O–H groups in total. The fourth-order valence-corrected chi connectivity index (χ4v) is 1.55. The van der Waals surface area contributed by atoms with Crippen LogP contribution in [0.5, 0.6) is 17.2 Å². The van der Waals surface area contributed by atoms with Crippen LogP contribution in [0.25, 0.3) is 0 Å². The van der Waals surface area contributed by atoms with Gasteiger partial charge in [-0.15, -0.1) is 12.4 Å². The maximum absolute atomic E-state index is 12.1. The van der Waals surface area contributed by atoms with Crippen molar-refractivity contribution < 1.29 is 19.0 Å². The van der Waals surface area contributed by atoms with E-state index >= 15 is 0 Å². The molecule has 1 aromatic rings. The molecule has 6 nitrogen and oxygen atoms in total. The predicted octanol–water partition coefficient (Wildman–Crippen LogP) is 2.06. The summed E-state index contributed by atoms with van der Waals surface area (Å²) in [6.07, 6.45) is 0. The highest BCUT2D eigenvalue weighted by atomic mass is 35.5. The molecule has 0 bridgehead atoms. The average Bonchev–Trinajstić information content (AvgIpc) is 2.45. The van der Waals surface area contributed by atoms with Crippen molar-refractivity contribution in [2.75, 3.05) is 33.2 Å². The maximum atomic E-state index is 12.1. The molecule has 0 atom stereocenters. The molecule has 0 heterocycles. The summed E-state index contributed by atoms with van der Waals surface area (Å²) in [7, 11) is 4.57. The number of methoxy groups -OCH3 is 3. The van der Waals surface area contributed by atoms with E-state index in [2.05, 4.69) is 5.32 Å². The van der Waals surface area contributed by atoms with Gasteiger partial charge < -0.3 is 25.3 Å². The minimum Gasteiger partial charge on any atom is -0.493 e. The Balaban J connectivity index is 0.00000400. The highest BCUT2D eigenvalue weighted by Gasteiger charge is 2.26. The number of nitrogens with two attached hydrogens (primary N) is 1. The number of benzene rings is 1. The number of hydrogen-bond donors (Lipinski definition) is 2. The first kappa shape index (κ1) is 19.3. The van der Waals surface area contributed by atoms with Crippen molar-refractivity contribution >= 4 is 24.0 Å². The number of nitrogens with one attached hydrogen (secondary N) is 1. The van der Waals surface area contributed by atoms with Crippen LogP contribution >= 0.6 is 12.4 Å². The van der Waals surface area contributed by atoms with Crippen molar-refractivity contribution in [3.05, 3.63) is 12.1 Å². The van der Waals surface area contributed by atoms with E-state index in [1.807, 2.05) is 0 Å². The molecule has 0 aromatic heterocycles. The van der Waals surface area contributed by atoms with E-state index in [4.69, 9.17) is 19.9 Å². The van der Waals surface area contributed by atoms with Gasteiger partial charge in [0.25, 0.3) is 0 Å². The van der Waals surface area contributed by atoms with E-state index in [-0.39, 0.29) is 24.9 Å². The zero-order chi connectivity index (χ0) is 15.3. The van der Waals surface area contributed by atoms with Crippen LogP contribution < -0.4 is 25.3 Å². The standard InChI is InChI=1S/C14H22N2O4.ClH/c1-14(2,8-15)13(17)16-9-6-10(18-3)12(20-5)11(7-9)19-4;/h6-7H,8,15H2,1-5H3,(H,16,17);1H. The molecule has 1 amide bonds. The SMILES string of the molecule is COc1cc(NC(=O)C(C)(C)CN)cc(OC)c1OC.Cl. The summed E-state index contributed by atoms with van der Waals surface area (Å²) in [5.74, 6) is 1.26. The Morgan fingerprint density at radius 2 is 1.62 bits per heavy atom. The summed E-state index contributed by atoms with van der Waals surface area (Å²) >= 11 is 0. The summed E-state index contributed by atoms with van der Waals surface area (Å²) in [4.78, 5) is 12.1. The monoisotopic (exact) mass is 318 g/mol. The Labute approximate surface area is 131 Å². The second-order valence-electron chi connectivity index (χ2n) is 4.96. The number of hydrogen-bond acceptors (Lipinski definition) is 5. The van der Waals surface area contributed by atoms with Crippen molar-refractivity contribution in [3.63, 3.8) is 0 Å². The zero-order valence-corrected chi connectivity index (χ0v) is 13.8. The second kappa shape index (κ2) is 7.95. The van der Waals surface area contributed by atoms with Gasteiger partial charge in [0.05, 0.1) is 26.7 Å². The molecule has 0 saturated heterocycles. The quantitative estimate of drug-likeness (QED) is 0.839. The van der Waals surface area contributed by atoms with Gasteiger partial charge in [-0.1, -0.05) is 0 Å². The lowest BCUT2D eigenvalue weighted by Crippen LogP contribution is -2.37. The summed E-state index contributed by atoms with van der Waals surface area (Å²) < 4.78 is 15.7. The van der Waals surface area contributed by atoms with Crippen molar-refractivity contribution in [3.8, 4) is 17.2 Å². The number of anilines is 1. The minimum absolute atomic E-state index is 0. The molecule has 120 valence electrons. The first-order valence-corrected chi connectivity index (χ1v) is 6.21. The van der Waals surface area contributed by atoms with Gasteiger partial charge in [0.15, 0.2) is 11.5 Å². The maximum Gasteiger partial charge on any atom is 0.231 e. The molecule has 0 saturated carbocycles. The Bertz CT molecular complexity index is 467. The first-order valence-electron chi connectivity index (χ1n) is 6.21. The summed E-state index contributed by atoms with van der Waals surface area (Å²) in [5.41, 5.74) is 5.50. The van der Waals surface area contributed by atoms with Crippen LogP contribution in [0.3, 0.4) is 0 Å². The van der Waals surface area contributed by atoms with Gasteiger partial charge in [-0.2, -0.15) is 0 Å². The Morgan fingerprint density at radius 3 is 1.95 bits per heavy atom. The van der Waals surface area contributed by atoms with Crippen molar-refractivity contribution in [2.24, 2.45) is 11.1 Å². The number of carbonyl (C=O) groups is 1. The molecule has 0 radical (unpaired) electrons. The van der Waals surface area contributed by atoms with E-state index in [0.29, 0.717) is 22.9 Å². The van der Waals surface area contributed by atoms with E-state index in [1.54, 1.807) is 26.0 Å². The topological polar surface area (TPSA) is 82.8 Å². The van der Waals surface area contributed by atoms with E-state index in [9.17, 15) is 4.79 Å². The number of carbonyl (C=O) groups excluding carboxylic acids is 1. The number of halogens is 1. The molecule has 0 aliphatic carbocycles. The third-order valence-corrected chi connectivity index (χ3v) is 3.05. The van der Waals surface area contributed by atoms with Crippen LogP contribution in [0, 0.1) is 5.41 Å². The van der Waals surface area contributed by atoms with Crippen LogP contribution in [0.15, 0.2) is 12.1 Å². The fourth-order valence-electron chi connectivity index (χ4n) is 1.55. The highest BCUT2D eigenvalue weighted by molar-refractivity contribution is 5.95. The van der Waals surface area contributed by atoms with Crippen molar-refractivity contribution in [1.29, 1.82) is 0 Å². The van der Waals surface area contributed by atoms with Crippen LogP contribution in [0.4, 0.5) is 5.69 Å². The normalized spacial score (nSPS) is 10.4. The van der Waals surface area contributed by atoms with E-state index in [1.165, 1.54) is 21.3 Å². The minimum atomic E-state index is -0.652. The predicted molar refractivity (Wildman–Crippen MR) is 84.8 cm³/mol. The summed E-state index contributed by atoms with van der Waals surface area (Å²) in [6.45, 7) is 3.81.